The molecular weight excluding hydrogens is 918 g/mol. The van der Waals surface area contributed by atoms with Crippen molar-refractivity contribution in [3.05, 3.63) is 50.6 Å². The van der Waals surface area contributed by atoms with Crippen molar-refractivity contribution in [1.29, 1.82) is 0 Å². The van der Waals surface area contributed by atoms with Crippen LogP contribution in [0.3, 0.4) is 0 Å². The molecule has 2 heterocycles. The number of ketones is 1. The minimum atomic E-state index is -0.438. The fourth-order valence-corrected chi connectivity index (χ4v) is 18.0. The van der Waals surface area contributed by atoms with E-state index >= 15 is 0 Å². The maximum Gasteiger partial charge on any atom is 1.00 e. The summed E-state index contributed by atoms with van der Waals surface area (Å²) in [6, 6.07) is 4.04. The molecule has 370 valence electrons. The van der Waals surface area contributed by atoms with Crippen molar-refractivity contribution in [3.8, 4) is 0 Å². The number of fused-ring (bicyclic) bond motifs is 10. The smallest absolute Gasteiger partial charge is 0.390 e. The van der Waals surface area contributed by atoms with E-state index in [0.29, 0.717) is 11.7 Å². The Bertz CT molecular complexity index is 1790. The third kappa shape index (κ3) is 12.2. The SMILES string of the molecule is Brc1ccsc1.C.C.CON(C)C(=O)[C@H]1CC[C@H]2[C@@H]3CC[C@@H]4C[C@](C)(O)CC[C@@H]4[C@H]3CC[C@]12C.C[C@@]1(O)CC[C@H]2[C@H](CC[C@@H]3[C@@H]2CC[C@]2(C)[C@@H](C(=O)c4ccsc4)CC[C@@H]32)C1.[CH2-]CCC.[Li+]. The van der Waals surface area contributed by atoms with Gasteiger partial charge in [-0.25, -0.2) is 5.06 Å². The Labute approximate surface area is 431 Å². The monoisotopic (exact) mass is 1010 g/mol. The molecule has 8 saturated carbocycles. The molecule has 10 rings (SSSR count). The molecule has 0 unspecified atom stereocenters. The van der Waals surface area contributed by atoms with Gasteiger partial charge in [-0.2, -0.15) is 29.1 Å². The third-order valence-electron chi connectivity index (χ3n) is 19.3. The van der Waals surface area contributed by atoms with E-state index in [4.69, 9.17) is 4.84 Å². The van der Waals surface area contributed by atoms with Crippen molar-refractivity contribution in [3.63, 3.8) is 0 Å². The summed E-state index contributed by atoms with van der Waals surface area (Å²) >= 11 is 6.63. The Morgan fingerprint density at radius 3 is 1.56 bits per heavy atom. The Hall–Kier alpha value is -0.503. The Kier molecular flexibility index (Phi) is 21.4. The molecule has 0 spiro atoms. The number of carbonyl (C=O) groups excluding carboxylic acids is 2. The summed E-state index contributed by atoms with van der Waals surface area (Å²) < 4.78 is 1.17. The minimum absolute atomic E-state index is 0. The van der Waals surface area contributed by atoms with Crippen LogP contribution in [-0.2, 0) is 9.63 Å². The van der Waals surface area contributed by atoms with E-state index in [1.807, 2.05) is 47.5 Å². The Morgan fingerprint density at radius 2 is 1.15 bits per heavy atom. The van der Waals surface area contributed by atoms with Crippen LogP contribution in [0, 0.1) is 88.8 Å². The molecule has 6 nitrogen and oxygen atoms in total. The van der Waals surface area contributed by atoms with E-state index in [1.165, 1.54) is 93.0 Å². The van der Waals surface area contributed by atoms with Gasteiger partial charge in [0.05, 0.1) is 18.3 Å². The van der Waals surface area contributed by atoms with E-state index in [9.17, 15) is 19.8 Å². The molecular formula is C56H91BrLiNO5S2. The number of carbonyl (C=O) groups is 2. The summed E-state index contributed by atoms with van der Waals surface area (Å²) in [5.41, 5.74) is 0.452. The second kappa shape index (κ2) is 24.3. The van der Waals surface area contributed by atoms with Crippen molar-refractivity contribution in [2.45, 2.75) is 189 Å². The van der Waals surface area contributed by atoms with Gasteiger partial charge in [-0.05, 0) is 238 Å². The molecule has 1 amide bonds. The molecule has 8 aliphatic rings. The fraction of sp³-hybridized carbons (Fsp3) is 0.804. The van der Waals surface area contributed by atoms with Crippen LogP contribution in [0.15, 0.2) is 38.1 Å². The summed E-state index contributed by atoms with van der Waals surface area (Å²) in [6.45, 7) is 14.6. The van der Waals surface area contributed by atoms with Gasteiger partial charge in [0.2, 0.25) is 5.91 Å². The first-order chi connectivity index (χ1) is 30.0. The van der Waals surface area contributed by atoms with E-state index in [1.54, 1.807) is 36.8 Å². The molecule has 2 aromatic heterocycles. The molecule has 0 saturated heterocycles. The Balaban J connectivity index is 0.000000230. The zero-order valence-corrected chi connectivity index (χ0v) is 44.2. The Morgan fingerprint density at radius 1 is 0.697 bits per heavy atom. The van der Waals surface area contributed by atoms with E-state index in [2.05, 4.69) is 43.6 Å². The van der Waals surface area contributed by atoms with Crippen molar-refractivity contribution in [2.75, 3.05) is 14.2 Å². The zero-order valence-electron chi connectivity index (χ0n) is 41.0. The van der Waals surface area contributed by atoms with Crippen LogP contribution in [-0.4, -0.2) is 52.3 Å². The number of nitrogens with zero attached hydrogens (tertiary/aromatic N) is 1. The van der Waals surface area contributed by atoms with Crippen LogP contribution in [0.2, 0.25) is 0 Å². The molecule has 0 aliphatic heterocycles. The molecule has 2 aromatic rings. The van der Waals surface area contributed by atoms with Gasteiger partial charge in [0.15, 0.2) is 5.78 Å². The maximum absolute atomic E-state index is 13.2. The first-order valence-electron chi connectivity index (χ1n) is 25.3. The van der Waals surface area contributed by atoms with Gasteiger partial charge in [-0.3, -0.25) is 14.4 Å². The van der Waals surface area contributed by atoms with E-state index in [0.717, 1.165) is 104 Å². The number of hydroxylamine groups is 2. The minimum Gasteiger partial charge on any atom is -0.390 e. The quantitative estimate of drug-likeness (QED) is 0.135. The van der Waals surface area contributed by atoms with Gasteiger partial charge in [0, 0.05) is 39.7 Å². The van der Waals surface area contributed by atoms with Gasteiger partial charge in [-0.1, -0.05) is 42.0 Å². The number of Topliss-reactive ketones (excluding diaryl/α,β-unsaturated/α-hetero) is 1. The second-order valence-corrected chi connectivity index (χ2v) is 25.4. The summed E-state index contributed by atoms with van der Waals surface area (Å²) in [5.74, 6) is 8.83. The first kappa shape index (κ1) is 58.1. The molecule has 2 N–H and O–H groups in total. The van der Waals surface area contributed by atoms with Crippen molar-refractivity contribution in [1.82, 2.24) is 5.06 Å². The maximum atomic E-state index is 13.2. The van der Waals surface area contributed by atoms with Gasteiger partial charge in [-0.15, -0.1) is 0 Å². The number of hydrogen-bond acceptors (Lipinski definition) is 7. The van der Waals surface area contributed by atoms with Crippen LogP contribution in [0.25, 0.3) is 0 Å². The summed E-state index contributed by atoms with van der Waals surface area (Å²) in [6.07, 6.45) is 23.5. The number of thiophene rings is 2. The number of halogens is 1. The summed E-state index contributed by atoms with van der Waals surface area (Å²) in [5, 5.41) is 30.7. The van der Waals surface area contributed by atoms with Gasteiger partial charge in [0.25, 0.3) is 0 Å². The van der Waals surface area contributed by atoms with Crippen LogP contribution >= 0.6 is 38.6 Å². The van der Waals surface area contributed by atoms with Crippen LogP contribution in [0.1, 0.15) is 188 Å². The zero-order chi connectivity index (χ0) is 45.3. The van der Waals surface area contributed by atoms with Gasteiger partial charge < -0.3 is 17.1 Å². The summed E-state index contributed by atoms with van der Waals surface area (Å²) in [4.78, 5) is 31.3. The van der Waals surface area contributed by atoms with Crippen LogP contribution < -0.4 is 18.9 Å². The second-order valence-electron chi connectivity index (χ2n) is 22.9. The average Bonchev–Trinajstić information content (AvgIpc) is 4.10. The van der Waals surface area contributed by atoms with E-state index < -0.39 is 11.2 Å². The number of hydrogen-bond donors (Lipinski definition) is 2. The molecule has 10 heteroatoms. The largest absolute Gasteiger partial charge is 1.00 e. The fourth-order valence-electron chi connectivity index (χ4n) is 16.2. The van der Waals surface area contributed by atoms with Crippen molar-refractivity contribution >= 4 is 50.3 Å². The van der Waals surface area contributed by atoms with E-state index in [-0.39, 0.29) is 62.3 Å². The van der Waals surface area contributed by atoms with Crippen LogP contribution in [0.4, 0.5) is 0 Å². The number of amides is 1. The third-order valence-corrected chi connectivity index (χ3v) is 21.5. The average molecular weight is 1010 g/mol. The molecule has 8 fully saturated rings. The van der Waals surface area contributed by atoms with Crippen LogP contribution in [0.5, 0.6) is 0 Å². The molecule has 66 heavy (non-hydrogen) atoms. The topological polar surface area (TPSA) is 87.1 Å². The van der Waals surface area contributed by atoms with Gasteiger partial charge in [0.1, 0.15) is 0 Å². The van der Waals surface area contributed by atoms with Gasteiger partial charge >= 0.3 is 18.9 Å². The summed E-state index contributed by atoms with van der Waals surface area (Å²) in [7, 11) is 3.34. The molecule has 0 radical (unpaired) electrons. The predicted molar refractivity (Wildman–Crippen MR) is 277 cm³/mol. The molecule has 16 atom stereocenters. The normalized spacial score (nSPS) is 41.3. The predicted octanol–water partition coefficient (Wildman–Crippen LogP) is 12.4. The number of aliphatic hydroxyl groups is 2. The number of rotatable bonds is 5. The number of unbranched alkanes of at least 4 members (excludes halogenated alkanes) is 1. The van der Waals surface area contributed by atoms with Crippen molar-refractivity contribution in [2.24, 2.45) is 81.8 Å². The first-order valence-corrected chi connectivity index (χ1v) is 27.9. The standard InChI is InChI=1S/C24H34O2S.C22H37NO3.C4H3BrS.C4H9.2CH4.Li/c1-23(26)10-7-17-15(13-23)3-4-19-18(17)8-11-24(2)20(19)5-6-21(24)22(25)16-9-12-27-14-16;1-21(25)11-9-15-14(13-21)5-6-17-16(15)10-12-22(2)18(17)7-8-19(22)20(24)23(3)26-4;5-4-1-2-6-3-4;1-3-4-2;;;/h9,12,14-15,17-21,26H,3-8,10-11,13H2,1-2H3;14-19,25H,5-13H2,1-4H3;1-3H;1,3-4H2,2H3;2*1H4;/q;;;-1;;;+1/t15-,17+,18-,19-,20+,21-,23-,24+;14-,15+,16-,17-,18+,19-,21-,22+;;;;;/m11...../s1. The van der Waals surface area contributed by atoms with Crippen molar-refractivity contribution < 1.29 is 43.5 Å². The molecule has 8 aliphatic carbocycles. The molecule has 0 aromatic carbocycles. The molecule has 0 bridgehead atoms.